The van der Waals surface area contributed by atoms with Crippen LogP contribution in [0.5, 0.6) is 0 Å². The molecule has 1 radical (unpaired) electrons. The summed E-state index contributed by atoms with van der Waals surface area (Å²) in [6.45, 7) is 42.6. The van der Waals surface area contributed by atoms with Crippen LogP contribution in [0.2, 0.25) is 0 Å². The van der Waals surface area contributed by atoms with Crippen molar-refractivity contribution >= 4 is 0 Å². The van der Waals surface area contributed by atoms with Gasteiger partial charge in [0, 0.05) is 0 Å². The SMILES string of the molecule is CCCCCCCC/C=C\CCCCCCCCC1(C2CC[C@@]3(C)C(=CCC4C3CC[C@@]3(C)C4CC[C@@H]3[C@H](C)CCCC(C)C)C2)C[C@@]2(C)C(=CC[C@H]3[C@@H]4CC[C@H]([C@H](C)CCCC(C)C)[C@@]4(C)CC[C@@H]32)C[C]1C1CC[C@@]2(C)C(=CCC3C2CC[C@@]2(C)C3CC[C@@H]2[C@H](C)CCCC(C)C)C1. The highest BCUT2D eigenvalue weighted by atomic mass is 14.7. The Kier molecular flexibility index (Phi) is 25.7. The Labute approximate surface area is 618 Å². The van der Waals surface area contributed by atoms with E-state index in [1.807, 2.05) is 16.7 Å². The Hall–Kier alpha value is -1.04. The van der Waals surface area contributed by atoms with Crippen molar-refractivity contribution in [2.24, 2.45) is 156 Å². The maximum Gasteiger partial charge on any atom is -0.00795 e. The number of fused-ring (bicyclic) bond motifs is 15. The van der Waals surface area contributed by atoms with Crippen LogP contribution < -0.4 is 0 Å². The van der Waals surface area contributed by atoms with Gasteiger partial charge in [-0.25, -0.2) is 0 Å². The Morgan fingerprint density at radius 3 is 1.21 bits per heavy atom. The summed E-state index contributed by atoms with van der Waals surface area (Å²) in [5.41, 5.74) is 9.17. The van der Waals surface area contributed by atoms with Gasteiger partial charge < -0.3 is 0 Å². The molecule has 0 bridgehead atoms. The van der Waals surface area contributed by atoms with Crippen LogP contribution in [-0.4, -0.2) is 0 Å². The van der Waals surface area contributed by atoms with Gasteiger partial charge in [0.1, 0.15) is 0 Å². The maximum atomic E-state index is 3.06. The van der Waals surface area contributed by atoms with Gasteiger partial charge in [-0.3, -0.25) is 0 Å². The van der Waals surface area contributed by atoms with E-state index in [-0.39, 0.29) is 0 Å². The number of allylic oxidation sites excluding steroid dienone is 8. The second-order valence-electron chi connectivity index (χ2n) is 43.0. The number of unbranched alkanes of at least 4 members (excludes halogenated alkanes) is 12. The maximum absolute atomic E-state index is 3.06. The highest BCUT2D eigenvalue weighted by Crippen LogP contribution is 2.77. The summed E-state index contributed by atoms with van der Waals surface area (Å²) in [5.74, 6) is 20.1. The molecule has 12 aliphatic rings. The first-order valence-corrected chi connectivity index (χ1v) is 46.0. The topological polar surface area (TPSA) is 0 Å². The number of rotatable bonds is 33. The van der Waals surface area contributed by atoms with Crippen LogP contribution in [-0.2, 0) is 0 Å². The fourth-order valence-electron chi connectivity index (χ4n) is 31.1. The lowest BCUT2D eigenvalue weighted by Crippen LogP contribution is -2.57. The summed E-state index contributed by atoms with van der Waals surface area (Å²) >= 11 is 0. The molecule has 0 heterocycles. The normalized spacial score (nSPS) is 42.7. The minimum atomic E-state index is 0.336. The Morgan fingerprint density at radius 1 is 0.374 bits per heavy atom. The van der Waals surface area contributed by atoms with Gasteiger partial charge in [-0.05, 0) is 342 Å². The quantitative estimate of drug-likeness (QED) is 0.0454. The van der Waals surface area contributed by atoms with E-state index in [0.717, 1.165) is 118 Å². The van der Waals surface area contributed by atoms with E-state index >= 15 is 0 Å². The molecule has 0 aromatic carbocycles. The van der Waals surface area contributed by atoms with E-state index < -0.39 is 0 Å². The minimum absolute atomic E-state index is 0.336. The van der Waals surface area contributed by atoms with E-state index in [1.54, 1.807) is 0 Å². The molecule has 0 aromatic rings. The largest absolute Gasteiger partial charge is 0.0885 e. The summed E-state index contributed by atoms with van der Waals surface area (Å²) in [4.78, 5) is 0. The van der Waals surface area contributed by atoms with Crippen molar-refractivity contribution < 1.29 is 0 Å². The van der Waals surface area contributed by atoms with Crippen molar-refractivity contribution in [1.29, 1.82) is 0 Å². The van der Waals surface area contributed by atoms with Crippen molar-refractivity contribution in [2.75, 3.05) is 0 Å². The van der Waals surface area contributed by atoms with Crippen LogP contribution in [0.25, 0.3) is 0 Å². The third-order valence-electron chi connectivity index (χ3n) is 36.5. The van der Waals surface area contributed by atoms with Gasteiger partial charge in [-0.2, -0.15) is 0 Å². The zero-order valence-electron chi connectivity index (χ0n) is 69.2. The molecule has 0 amide bonds. The lowest BCUT2D eigenvalue weighted by atomic mass is 9.38. The van der Waals surface area contributed by atoms with Gasteiger partial charge in [0.15, 0.2) is 0 Å². The highest BCUT2D eigenvalue weighted by Gasteiger charge is 2.67. The van der Waals surface area contributed by atoms with Crippen LogP contribution >= 0.6 is 0 Å². The zero-order valence-corrected chi connectivity index (χ0v) is 69.2. The number of hydrogen-bond acceptors (Lipinski definition) is 0. The van der Waals surface area contributed by atoms with Crippen LogP contribution in [0, 0.1) is 162 Å². The van der Waals surface area contributed by atoms with Crippen molar-refractivity contribution in [1.82, 2.24) is 0 Å². The Morgan fingerprint density at radius 2 is 0.768 bits per heavy atom. The average Bonchev–Trinajstić information content (AvgIpc) is 1.64. The fourth-order valence-corrected chi connectivity index (χ4v) is 31.1. The summed E-state index contributed by atoms with van der Waals surface area (Å²) in [5, 5.41) is 0. The van der Waals surface area contributed by atoms with Crippen molar-refractivity contribution in [3.05, 3.63) is 53.0 Å². The van der Waals surface area contributed by atoms with Crippen LogP contribution in [0.15, 0.2) is 47.1 Å². The molecule has 0 N–H and O–H groups in total. The molecule has 0 saturated heterocycles. The first-order valence-electron chi connectivity index (χ1n) is 46.0. The molecular formula is C99H167. The molecule has 99 heavy (non-hydrogen) atoms. The Balaban J connectivity index is 0.836. The molecule has 9 saturated carbocycles. The summed E-state index contributed by atoms with van der Waals surface area (Å²) in [6.07, 6.45) is 82.7. The van der Waals surface area contributed by atoms with Gasteiger partial charge in [-0.15, -0.1) is 0 Å². The van der Waals surface area contributed by atoms with Gasteiger partial charge in [0.05, 0.1) is 0 Å². The van der Waals surface area contributed by atoms with Crippen molar-refractivity contribution in [3.63, 3.8) is 0 Å². The van der Waals surface area contributed by atoms with Crippen molar-refractivity contribution in [3.8, 4) is 0 Å². The lowest BCUT2D eigenvalue weighted by molar-refractivity contribution is -0.0877. The third-order valence-corrected chi connectivity index (χ3v) is 36.5. The smallest absolute Gasteiger partial charge is 0.00795 e. The van der Waals surface area contributed by atoms with Gasteiger partial charge in [0.25, 0.3) is 0 Å². The lowest BCUT2D eigenvalue weighted by Gasteiger charge is -2.66. The van der Waals surface area contributed by atoms with E-state index in [1.165, 1.54) is 302 Å². The molecular weight excluding hydrogens is 1190 g/mol. The molecule has 12 aliphatic carbocycles. The predicted molar refractivity (Wildman–Crippen MR) is 431 cm³/mol. The van der Waals surface area contributed by atoms with Crippen molar-refractivity contribution in [2.45, 2.75) is 413 Å². The molecule has 563 valence electrons. The molecule has 9 fully saturated rings. The first kappa shape index (κ1) is 77.6. The first-order chi connectivity index (χ1) is 47.4. The van der Waals surface area contributed by atoms with Crippen LogP contribution in [0.1, 0.15) is 413 Å². The van der Waals surface area contributed by atoms with Crippen LogP contribution in [0.3, 0.4) is 0 Å². The summed E-state index contributed by atoms with van der Waals surface area (Å²) in [6, 6.07) is 0. The monoisotopic (exact) mass is 1360 g/mol. The van der Waals surface area contributed by atoms with E-state index in [4.69, 9.17) is 0 Å². The van der Waals surface area contributed by atoms with E-state index in [2.05, 4.69) is 147 Å². The Bertz CT molecular complexity index is 2690. The highest BCUT2D eigenvalue weighted by molar-refractivity contribution is 5.39. The number of hydrogen-bond donors (Lipinski definition) is 0. The van der Waals surface area contributed by atoms with E-state index in [9.17, 15) is 0 Å². The predicted octanol–water partition coefficient (Wildman–Crippen LogP) is 30.9. The molecule has 0 aliphatic heterocycles. The standard InChI is InChI=1S/C99H167/c1-17-18-19-20-21-22-23-24-25-26-27-28-29-30-31-32-59-99(79-55-61-94(12)77(66-79)43-46-81-87-52-49-84(73(9)40-34-37-70(4)5)96(87,14)63-57-90(81)94)68-98(16)78(44-47-82-88-53-50-85(74(10)41-35-38-71(6)7)97(88,15)64-58-91(82)98)67-92(99)75-54-60-93(11)76(65-75)42-45-80-86-51-48-83(72(8)39-33-36-69(2)3)95(86,13)62-56-89(80)93/h24-25,42-44,69-75,79-91H,17-23,26-41,45-68H2,1-16H3/b25-24-/t72-,73-,74-,75?,79?,80?,81?,82+,83-,84-,85-,86?,87?,88+,89?,90?,91+,93+,94+,95-,96-,97-,98+,99?/m1/s1. The van der Waals surface area contributed by atoms with E-state index in [0.29, 0.717) is 37.9 Å². The molecule has 0 nitrogen and oxygen atoms in total. The average molecular weight is 1360 g/mol. The fraction of sp³-hybridized carbons (Fsp3) is 0.909. The molecule has 24 atom stereocenters. The zero-order chi connectivity index (χ0) is 70.1. The third kappa shape index (κ3) is 15.4. The van der Waals surface area contributed by atoms with Gasteiger partial charge in [0.2, 0.25) is 0 Å². The molecule has 9 unspecified atom stereocenters. The summed E-state index contributed by atoms with van der Waals surface area (Å²) < 4.78 is 0. The minimum Gasteiger partial charge on any atom is -0.0885 e. The second-order valence-corrected chi connectivity index (χ2v) is 43.0. The molecule has 12 rings (SSSR count). The van der Waals surface area contributed by atoms with Gasteiger partial charge >= 0.3 is 0 Å². The summed E-state index contributed by atoms with van der Waals surface area (Å²) in [7, 11) is 0. The second kappa shape index (κ2) is 32.8. The molecule has 0 heteroatoms. The molecule has 0 spiro atoms. The molecule has 0 aromatic heterocycles. The van der Waals surface area contributed by atoms with Gasteiger partial charge in [-0.1, -0.05) is 280 Å². The van der Waals surface area contributed by atoms with Crippen LogP contribution in [0.4, 0.5) is 0 Å².